The van der Waals surface area contributed by atoms with Gasteiger partial charge in [-0.1, -0.05) is 42.5 Å². The van der Waals surface area contributed by atoms with Crippen LogP contribution in [0.2, 0.25) is 0 Å². The number of nitrogens with two attached hydrogens (primary N) is 1. The number of carbonyl (C=O) groups excluding carboxylic acids is 1. The lowest BCUT2D eigenvalue weighted by Crippen LogP contribution is -2.42. The molecule has 4 rings (SSSR count). The summed E-state index contributed by atoms with van der Waals surface area (Å²) < 4.78 is 34.4. The SMILES string of the molecule is N=C(N)NCCC[C@H]1Oc2ccc(C[C@H](NS(=O)(=O)c3cccc4ccccc34)C(=O)O)cc2NC1=O. The highest BCUT2D eigenvalue weighted by Gasteiger charge is 2.30. The Morgan fingerprint density at radius 2 is 1.92 bits per heavy atom. The van der Waals surface area contributed by atoms with Crippen molar-refractivity contribution < 1.29 is 27.9 Å². The lowest BCUT2D eigenvalue weighted by atomic mass is 10.0. The highest BCUT2D eigenvalue weighted by molar-refractivity contribution is 7.89. The Hall–Kier alpha value is -4.16. The lowest BCUT2D eigenvalue weighted by molar-refractivity contribution is -0.139. The van der Waals surface area contributed by atoms with Crippen molar-refractivity contribution in [3.8, 4) is 5.75 Å². The Morgan fingerprint density at radius 1 is 1.16 bits per heavy atom. The first-order valence-corrected chi connectivity index (χ1v) is 13.0. The molecule has 1 amide bonds. The molecule has 3 aromatic rings. The number of carboxylic acid groups (broad SMARTS) is 1. The predicted octanol–water partition coefficient (Wildman–Crippen LogP) is 1.78. The Labute approximate surface area is 213 Å². The number of carboxylic acids is 1. The van der Waals surface area contributed by atoms with E-state index in [1.807, 2.05) is 0 Å². The summed E-state index contributed by atoms with van der Waals surface area (Å²) in [5, 5.41) is 23.5. The number of nitrogens with one attached hydrogen (secondary N) is 4. The minimum absolute atomic E-state index is 0.00695. The van der Waals surface area contributed by atoms with E-state index in [9.17, 15) is 23.1 Å². The molecule has 3 aromatic carbocycles. The second-order valence-electron chi connectivity index (χ2n) is 8.60. The summed E-state index contributed by atoms with van der Waals surface area (Å²) in [5.74, 6) is -1.40. The number of amides is 1. The molecule has 194 valence electrons. The van der Waals surface area contributed by atoms with Gasteiger partial charge >= 0.3 is 5.97 Å². The highest BCUT2D eigenvalue weighted by Crippen LogP contribution is 2.32. The molecule has 0 fully saturated rings. The first kappa shape index (κ1) is 25.9. The van der Waals surface area contributed by atoms with Gasteiger partial charge in [0, 0.05) is 11.9 Å². The molecular formula is C25H27N5O6S. The van der Waals surface area contributed by atoms with Gasteiger partial charge in [-0.25, -0.2) is 8.42 Å². The number of fused-ring (bicyclic) bond motifs is 2. The van der Waals surface area contributed by atoms with Crippen molar-refractivity contribution >= 4 is 44.3 Å². The molecule has 37 heavy (non-hydrogen) atoms. The monoisotopic (exact) mass is 525 g/mol. The van der Waals surface area contributed by atoms with Crippen LogP contribution < -0.4 is 25.8 Å². The van der Waals surface area contributed by atoms with Crippen LogP contribution in [0.25, 0.3) is 10.8 Å². The van der Waals surface area contributed by atoms with Crippen LogP contribution in [0.5, 0.6) is 5.75 Å². The fraction of sp³-hybridized carbons (Fsp3) is 0.240. The number of benzene rings is 3. The molecule has 0 saturated heterocycles. The molecule has 2 atom stereocenters. The second-order valence-corrected chi connectivity index (χ2v) is 10.3. The topological polar surface area (TPSA) is 184 Å². The zero-order valence-electron chi connectivity index (χ0n) is 19.7. The summed E-state index contributed by atoms with van der Waals surface area (Å²) in [6.07, 6.45) is 0.0984. The minimum Gasteiger partial charge on any atom is -0.480 e. The third-order valence-corrected chi connectivity index (χ3v) is 7.43. The Balaban J connectivity index is 1.47. The van der Waals surface area contributed by atoms with Crippen LogP contribution in [-0.4, -0.2) is 50.1 Å². The molecule has 1 aliphatic heterocycles. The van der Waals surface area contributed by atoms with E-state index in [-0.39, 0.29) is 23.2 Å². The summed E-state index contributed by atoms with van der Waals surface area (Å²) in [6.45, 7) is 0.430. The van der Waals surface area contributed by atoms with E-state index in [0.29, 0.717) is 41.8 Å². The van der Waals surface area contributed by atoms with Crippen LogP contribution in [0.1, 0.15) is 18.4 Å². The van der Waals surface area contributed by atoms with E-state index in [1.54, 1.807) is 54.6 Å². The smallest absolute Gasteiger partial charge is 0.322 e. The molecular weight excluding hydrogens is 498 g/mol. The number of aliphatic carboxylic acids is 1. The van der Waals surface area contributed by atoms with Crippen molar-refractivity contribution in [1.82, 2.24) is 10.0 Å². The fourth-order valence-electron chi connectivity index (χ4n) is 4.12. The molecule has 1 aliphatic rings. The van der Waals surface area contributed by atoms with Gasteiger partial charge in [-0.3, -0.25) is 15.0 Å². The van der Waals surface area contributed by atoms with Crippen molar-refractivity contribution in [3.63, 3.8) is 0 Å². The average molecular weight is 526 g/mol. The van der Waals surface area contributed by atoms with Gasteiger partial charge in [-0.15, -0.1) is 0 Å². The summed E-state index contributed by atoms with van der Waals surface area (Å²) in [5.41, 5.74) is 6.12. The van der Waals surface area contributed by atoms with Crippen molar-refractivity contribution in [2.24, 2.45) is 5.73 Å². The van der Waals surface area contributed by atoms with Crippen LogP contribution in [0.4, 0.5) is 5.69 Å². The van der Waals surface area contributed by atoms with Gasteiger partial charge in [0.2, 0.25) is 10.0 Å². The number of carbonyl (C=O) groups is 2. The van der Waals surface area contributed by atoms with E-state index in [1.165, 1.54) is 6.07 Å². The predicted molar refractivity (Wildman–Crippen MR) is 138 cm³/mol. The Kier molecular flexibility index (Phi) is 7.60. The van der Waals surface area contributed by atoms with Gasteiger partial charge in [0.1, 0.15) is 11.8 Å². The zero-order valence-corrected chi connectivity index (χ0v) is 20.5. The quantitative estimate of drug-likeness (QED) is 0.131. The highest BCUT2D eigenvalue weighted by atomic mass is 32.2. The van der Waals surface area contributed by atoms with E-state index in [0.717, 1.165) is 5.39 Å². The third kappa shape index (κ3) is 6.16. The van der Waals surface area contributed by atoms with Gasteiger partial charge in [0.05, 0.1) is 10.6 Å². The maximum Gasteiger partial charge on any atom is 0.322 e. The fourth-order valence-corrected chi connectivity index (χ4v) is 5.54. The van der Waals surface area contributed by atoms with E-state index in [2.05, 4.69) is 15.4 Å². The van der Waals surface area contributed by atoms with Gasteiger partial charge < -0.3 is 26.2 Å². The second kappa shape index (κ2) is 10.8. The Bertz CT molecular complexity index is 1450. The third-order valence-electron chi connectivity index (χ3n) is 5.90. The molecule has 0 bridgehead atoms. The van der Waals surface area contributed by atoms with Gasteiger partial charge in [-0.2, -0.15) is 4.72 Å². The van der Waals surface area contributed by atoms with E-state index >= 15 is 0 Å². The molecule has 7 N–H and O–H groups in total. The Morgan fingerprint density at radius 3 is 2.68 bits per heavy atom. The van der Waals surface area contributed by atoms with Gasteiger partial charge in [0.25, 0.3) is 5.91 Å². The molecule has 0 aromatic heterocycles. The molecule has 0 radical (unpaired) electrons. The standard InChI is InChI=1S/C25H27N5O6S/c26-25(27)28-12-4-8-21-23(31)29-18-13-15(10-11-20(18)36-21)14-19(24(32)33)30-37(34,35)22-9-3-6-16-5-1-2-7-17(16)22/h1-3,5-7,9-11,13,19,21,30H,4,8,12,14H2,(H,29,31)(H,32,33)(H4,26,27,28)/t19-,21+/m0/s1. The molecule has 0 saturated carbocycles. The van der Waals surface area contributed by atoms with Crippen molar-refractivity contribution in [1.29, 1.82) is 5.41 Å². The van der Waals surface area contributed by atoms with E-state index in [4.69, 9.17) is 15.9 Å². The number of rotatable bonds is 10. The summed E-state index contributed by atoms with van der Waals surface area (Å²) in [6, 6.07) is 15.1. The largest absolute Gasteiger partial charge is 0.480 e. The maximum atomic E-state index is 13.1. The van der Waals surface area contributed by atoms with Crippen LogP contribution in [0.15, 0.2) is 65.6 Å². The molecule has 1 heterocycles. The zero-order chi connectivity index (χ0) is 26.6. The first-order chi connectivity index (χ1) is 17.6. The average Bonchev–Trinajstić information content (AvgIpc) is 2.85. The van der Waals surface area contributed by atoms with Crippen molar-refractivity contribution in [2.75, 3.05) is 11.9 Å². The van der Waals surface area contributed by atoms with Gasteiger partial charge in [-0.05, 0) is 48.4 Å². The number of hydrogen-bond donors (Lipinski definition) is 6. The van der Waals surface area contributed by atoms with Crippen molar-refractivity contribution in [3.05, 3.63) is 66.2 Å². The van der Waals surface area contributed by atoms with Crippen molar-refractivity contribution in [2.45, 2.75) is 36.3 Å². The molecule has 12 heteroatoms. The minimum atomic E-state index is -4.15. The van der Waals surface area contributed by atoms with Crippen LogP contribution in [-0.2, 0) is 26.0 Å². The number of anilines is 1. The molecule has 0 spiro atoms. The number of hydrogen-bond acceptors (Lipinski definition) is 6. The lowest BCUT2D eigenvalue weighted by Gasteiger charge is -2.26. The summed E-state index contributed by atoms with van der Waals surface area (Å²) in [7, 11) is -4.15. The molecule has 0 unspecified atom stereocenters. The summed E-state index contributed by atoms with van der Waals surface area (Å²) in [4.78, 5) is 24.4. The van der Waals surface area contributed by atoms with Crippen LogP contribution in [0, 0.1) is 5.41 Å². The maximum absolute atomic E-state index is 13.1. The van der Waals surface area contributed by atoms with E-state index < -0.39 is 28.1 Å². The normalized spacial score (nSPS) is 15.8. The number of sulfonamides is 1. The van der Waals surface area contributed by atoms with Gasteiger partial charge in [0.15, 0.2) is 12.1 Å². The van der Waals surface area contributed by atoms with Crippen LogP contribution >= 0.6 is 0 Å². The number of guanidine groups is 1. The first-order valence-electron chi connectivity index (χ1n) is 11.6. The van der Waals surface area contributed by atoms with Crippen LogP contribution in [0.3, 0.4) is 0 Å². The number of ether oxygens (including phenoxy) is 1. The molecule has 11 nitrogen and oxygen atoms in total. The summed E-state index contributed by atoms with van der Waals surface area (Å²) >= 11 is 0. The molecule has 0 aliphatic carbocycles.